The van der Waals surface area contributed by atoms with Crippen molar-refractivity contribution in [1.29, 1.82) is 0 Å². The van der Waals surface area contributed by atoms with Crippen molar-refractivity contribution in [3.8, 4) is 5.69 Å². The average molecular weight is 327 g/mol. The molecule has 0 amide bonds. The molecule has 1 heterocycles. The Morgan fingerprint density at radius 1 is 1.27 bits per heavy atom. The first-order valence-electron chi connectivity index (χ1n) is 7.27. The van der Waals surface area contributed by atoms with Crippen LogP contribution in [0, 0.1) is 5.82 Å². The molecule has 0 saturated heterocycles. The zero-order valence-electron chi connectivity index (χ0n) is 12.2. The van der Waals surface area contributed by atoms with E-state index in [1.165, 1.54) is 23.4 Å². The molecular weight excluding hydrogens is 307 g/mol. The lowest BCUT2D eigenvalue weighted by Gasteiger charge is -2.26. The van der Waals surface area contributed by atoms with Crippen LogP contribution in [0.15, 0.2) is 30.9 Å². The summed E-state index contributed by atoms with van der Waals surface area (Å²) in [5.74, 6) is -0.307. The summed E-state index contributed by atoms with van der Waals surface area (Å²) in [5, 5.41) is 16.8. The minimum atomic E-state index is -0.307. The molecule has 2 N–H and O–H groups in total. The van der Waals surface area contributed by atoms with Crippen LogP contribution in [0.2, 0.25) is 0 Å². The second kappa shape index (κ2) is 7.67. The quantitative estimate of drug-likeness (QED) is 0.904. The minimum Gasteiger partial charge on any atom is -0.393 e. The molecule has 0 unspecified atom stereocenters. The SMILES string of the molecule is Cl.OC1CCC(NCc2ccc(-n3cncn3)c(F)c2)CC1. The van der Waals surface area contributed by atoms with Crippen LogP contribution in [0.1, 0.15) is 31.2 Å². The second-order valence-electron chi connectivity index (χ2n) is 5.51. The maximum absolute atomic E-state index is 14.1. The van der Waals surface area contributed by atoms with Gasteiger partial charge in [-0.2, -0.15) is 5.10 Å². The van der Waals surface area contributed by atoms with Gasteiger partial charge in [-0.05, 0) is 43.4 Å². The van der Waals surface area contributed by atoms with Gasteiger partial charge in [0.15, 0.2) is 0 Å². The van der Waals surface area contributed by atoms with E-state index in [0.717, 1.165) is 31.2 Å². The van der Waals surface area contributed by atoms with Crippen molar-refractivity contribution in [2.45, 2.75) is 44.4 Å². The molecule has 3 rings (SSSR count). The molecule has 1 aliphatic carbocycles. The summed E-state index contributed by atoms with van der Waals surface area (Å²) in [7, 11) is 0. The molecule has 1 fully saturated rings. The first-order valence-corrected chi connectivity index (χ1v) is 7.27. The number of rotatable bonds is 4. The van der Waals surface area contributed by atoms with Crippen LogP contribution in [0.5, 0.6) is 0 Å². The summed E-state index contributed by atoms with van der Waals surface area (Å²) in [6.07, 6.45) is 6.34. The van der Waals surface area contributed by atoms with E-state index in [0.29, 0.717) is 18.3 Å². The highest BCUT2D eigenvalue weighted by Crippen LogP contribution is 2.19. The molecule has 1 aromatic heterocycles. The van der Waals surface area contributed by atoms with Crippen LogP contribution in [-0.2, 0) is 6.54 Å². The third-order valence-corrected chi connectivity index (χ3v) is 3.97. The maximum Gasteiger partial charge on any atom is 0.149 e. The summed E-state index contributed by atoms with van der Waals surface area (Å²) in [6.45, 7) is 0.634. The van der Waals surface area contributed by atoms with Gasteiger partial charge in [0.1, 0.15) is 24.2 Å². The van der Waals surface area contributed by atoms with Crippen LogP contribution in [0.3, 0.4) is 0 Å². The van der Waals surface area contributed by atoms with Crippen molar-refractivity contribution in [2.75, 3.05) is 0 Å². The monoisotopic (exact) mass is 326 g/mol. The smallest absolute Gasteiger partial charge is 0.149 e. The van der Waals surface area contributed by atoms with Gasteiger partial charge in [0.2, 0.25) is 0 Å². The van der Waals surface area contributed by atoms with Gasteiger partial charge in [0, 0.05) is 12.6 Å². The first-order chi connectivity index (χ1) is 10.2. The lowest BCUT2D eigenvalue weighted by atomic mass is 9.93. The third kappa shape index (κ3) is 4.03. The average Bonchev–Trinajstić information content (AvgIpc) is 3.01. The molecule has 0 radical (unpaired) electrons. The number of aromatic nitrogens is 3. The summed E-state index contributed by atoms with van der Waals surface area (Å²) < 4.78 is 15.5. The summed E-state index contributed by atoms with van der Waals surface area (Å²) in [6, 6.07) is 5.55. The Morgan fingerprint density at radius 2 is 2.05 bits per heavy atom. The molecule has 0 spiro atoms. The van der Waals surface area contributed by atoms with Crippen LogP contribution in [-0.4, -0.2) is 32.0 Å². The third-order valence-electron chi connectivity index (χ3n) is 3.97. The molecule has 120 valence electrons. The molecule has 1 aliphatic rings. The fourth-order valence-corrected chi connectivity index (χ4v) is 2.72. The highest BCUT2D eigenvalue weighted by molar-refractivity contribution is 5.85. The topological polar surface area (TPSA) is 63.0 Å². The van der Waals surface area contributed by atoms with Gasteiger partial charge in [-0.25, -0.2) is 14.1 Å². The Morgan fingerprint density at radius 3 is 2.68 bits per heavy atom. The van der Waals surface area contributed by atoms with Crippen LogP contribution < -0.4 is 5.32 Å². The Kier molecular flexibility index (Phi) is 5.88. The maximum atomic E-state index is 14.1. The molecule has 2 aromatic rings. The first kappa shape index (κ1) is 16.9. The Balaban J connectivity index is 0.00000176. The zero-order valence-corrected chi connectivity index (χ0v) is 13.0. The van der Waals surface area contributed by atoms with Crippen molar-refractivity contribution in [1.82, 2.24) is 20.1 Å². The van der Waals surface area contributed by atoms with Crippen molar-refractivity contribution in [2.24, 2.45) is 0 Å². The number of hydrogen-bond acceptors (Lipinski definition) is 4. The molecule has 7 heteroatoms. The van der Waals surface area contributed by atoms with Crippen molar-refractivity contribution < 1.29 is 9.50 Å². The minimum absolute atomic E-state index is 0. The molecular formula is C15H20ClFN4O. The highest BCUT2D eigenvalue weighted by Gasteiger charge is 2.18. The van der Waals surface area contributed by atoms with E-state index in [1.54, 1.807) is 6.07 Å². The molecule has 22 heavy (non-hydrogen) atoms. The van der Waals surface area contributed by atoms with Gasteiger partial charge >= 0.3 is 0 Å². The predicted octanol–water partition coefficient (Wildman–Crippen LogP) is 2.22. The van der Waals surface area contributed by atoms with E-state index < -0.39 is 0 Å². The molecule has 0 aliphatic heterocycles. The van der Waals surface area contributed by atoms with E-state index in [-0.39, 0.29) is 24.3 Å². The largest absolute Gasteiger partial charge is 0.393 e. The molecule has 5 nitrogen and oxygen atoms in total. The van der Waals surface area contributed by atoms with Crippen molar-refractivity contribution in [3.05, 3.63) is 42.2 Å². The number of hydrogen-bond donors (Lipinski definition) is 2. The van der Waals surface area contributed by atoms with Gasteiger partial charge in [0.25, 0.3) is 0 Å². The zero-order chi connectivity index (χ0) is 14.7. The number of benzene rings is 1. The van der Waals surface area contributed by atoms with E-state index in [4.69, 9.17) is 0 Å². The Hall–Kier alpha value is -1.50. The van der Waals surface area contributed by atoms with Gasteiger partial charge in [-0.1, -0.05) is 6.07 Å². The van der Waals surface area contributed by atoms with Gasteiger partial charge in [-0.15, -0.1) is 12.4 Å². The van der Waals surface area contributed by atoms with Crippen molar-refractivity contribution >= 4 is 12.4 Å². The number of nitrogens with zero attached hydrogens (tertiary/aromatic N) is 3. The molecule has 1 aromatic carbocycles. The Labute approximate surface area is 135 Å². The predicted molar refractivity (Wildman–Crippen MR) is 83.7 cm³/mol. The Bertz CT molecular complexity index is 585. The summed E-state index contributed by atoms with van der Waals surface area (Å²) in [5.41, 5.74) is 1.31. The second-order valence-corrected chi connectivity index (χ2v) is 5.51. The van der Waals surface area contributed by atoms with E-state index in [9.17, 15) is 9.50 Å². The van der Waals surface area contributed by atoms with E-state index >= 15 is 0 Å². The molecule has 1 saturated carbocycles. The number of nitrogens with one attached hydrogen (secondary N) is 1. The van der Waals surface area contributed by atoms with E-state index in [1.807, 2.05) is 6.07 Å². The van der Waals surface area contributed by atoms with Crippen LogP contribution in [0.25, 0.3) is 5.69 Å². The van der Waals surface area contributed by atoms with Crippen molar-refractivity contribution in [3.63, 3.8) is 0 Å². The normalized spacial score (nSPS) is 21.4. The number of halogens is 2. The number of aliphatic hydroxyl groups excluding tert-OH is 1. The summed E-state index contributed by atoms with van der Waals surface area (Å²) >= 11 is 0. The van der Waals surface area contributed by atoms with Crippen LogP contribution in [0.4, 0.5) is 4.39 Å². The van der Waals surface area contributed by atoms with Gasteiger partial charge in [0.05, 0.1) is 6.10 Å². The lowest BCUT2D eigenvalue weighted by Crippen LogP contribution is -2.34. The highest BCUT2D eigenvalue weighted by atomic mass is 35.5. The fraction of sp³-hybridized carbons (Fsp3) is 0.467. The fourth-order valence-electron chi connectivity index (χ4n) is 2.72. The molecule has 0 atom stereocenters. The van der Waals surface area contributed by atoms with Gasteiger partial charge in [-0.3, -0.25) is 0 Å². The number of aliphatic hydroxyl groups is 1. The van der Waals surface area contributed by atoms with Crippen LogP contribution >= 0.6 is 12.4 Å². The lowest BCUT2D eigenvalue weighted by molar-refractivity contribution is 0.116. The van der Waals surface area contributed by atoms with Gasteiger partial charge < -0.3 is 10.4 Å². The molecule has 0 bridgehead atoms. The van der Waals surface area contributed by atoms with E-state index in [2.05, 4.69) is 15.4 Å². The summed E-state index contributed by atoms with van der Waals surface area (Å²) in [4.78, 5) is 3.82. The standard InChI is InChI=1S/C15H19FN4O.ClH/c16-14-7-11(1-6-15(14)20-10-17-9-19-20)8-18-12-2-4-13(21)5-3-12;/h1,6-7,9-10,12-13,18,21H,2-5,8H2;1H.